The first-order chi connectivity index (χ1) is 50.2. The lowest BCUT2D eigenvalue weighted by atomic mass is 9.71. The highest BCUT2D eigenvalue weighted by molar-refractivity contribution is 7.87. The molecule has 6 aromatic heterocycles. The van der Waals surface area contributed by atoms with Crippen molar-refractivity contribution >= 4 is 94.4 Å². The molecular weight excluding hydrogens is 1370 g/mol. The smallest absolute Gasteiger partial charge is 0.422 e. The van der Waals surface area contributed by atoms with Crippen molar-refractivity contribution in [2.45, 2.75) is 143 Å². The van der Waals surface area contributed by atoms with Crippen molar-refractivity contribution in [3.63, 3.8) is 0 Å². The molecule has 6 aliphatic rings. The van der Waals surface area contributed by atoms with E-state index in [-0.39, 0.29) is 46.7 Å². The number of rotatable bonds is 15. The zero-order chi connectivity index (χ0) is 73.9. The minimum Gasteiger partial charge on any atom is -0.443 e. The van der Waals surface area contributed by atoms with E-state index >= 15 is 0 Å². The van der Waals surface area contributed by atoms with E-state index < -0.39 is 32.1 Å². The molecule has 0 bridgehead atoms. The van der Waals surface area contributed by atoms with Gasteiger partial charge in [-0.1, -0.05) is 115 Å². The fraction of sp³-hybridized carbons (Fsp3) is 0.481. The highest BCUT2D eigenvalue weighted by atomic mass is 32.2. The number of H-pyrrole nitrogens is 3. The first kappa shape index (κ1) is 74.2. The summed E-state index contributed by atoms with van der Waals surface area (Å²) in [5, 5.41) is 8.65. The zero-order valence-corrected chi connectivity index (χ0v) is 62.6. The van der Waals surface area contributed by atoms with Crippen LogP contribution in [0.15, 0.2) is 110 Å². The van der Waals surface area contributed by atoms with E-state index in [4.69, 9.17) is 24.8 Å². The minimum absolute atomic E-state index is 0.123. The van der Waals surface area contributed by atoms with Crippen LogP contribution < -0.4 is 29.9 Å². The molecule has 26 nitrogen and oxygen atoms in total. The van der Waals surface area contributed by atoms with Crippen molar-refractivity contribution in [1.82, 2.24) is 63.5 Å². The Kier molecular flexibility index (Phi) is 21.8. The van der Waals surface area contributed by atoms with E-state index in [0.29, 0.717) is 101 Å². The lowest BCUT2D eigenvalue weighted by Gasteiger charge is -2.35. The van der Waals surface area contributed by atoms with Gasteiger partial charge in [-0.3, -0.25) is 14.4 Å². The molecular formula is C77H97N17O9S2. The zero-order valence-electron chi connectivity index (χ0n) is 61.0. The first-order valence-corrected chi connectivity index (χ1v) is 39.9. The Bertz CT molecular complexity index is 4890. The van der Waals surface area contributed by atoms with Gasteiger partial charge in [-0.2, -0.15) is 25.4 Å². The summed E-state index contributed by atoms with van der Waals surface area (Å²) < 4.78 is 58.2. The Balaban J connectivity index is 0.000000141. The summed E-state index contributed by atoms with van der Waals surface area (Å²) in [5.41, 5.74) is 11.9. The number of anilines is 3. The number of piperazine rings is 3. The van der Waals surface area contributed by atoms with Crippen molar-refractivity contribution in [3.8, 4) is 33.8 Å². The minimum atomic E-state index is -4.02. The molecule has 105 heavy (non-hydrogen) atoms. The van der Waals surface area contributed by atoms with Crippen molar-refractivity contribution in [3.05, 3.63) is 127 Å². The highest BCUT2D eigenvalue weighted by Gasteiger charge is 2.40. The van der Waals surface area contributed by atoms with Crippen LogP contribution in [-0.2, 0) is 25.2 Å². The molecule has 0 radical (unpaired) electrons. The van der Waals surface area contributed by atoms with Crippen molar-refractivity contribution in [1.29, 1.82) is 0 Å². The number of nitrogens with one attached hydrogen (secondary N) is 5. The Hall–Kier alpha value is -9.06. The molecule has 1 amide bonds. The maximum atomic E-state index is 13.6. The summed E-state index contributed by atoms with van der Waals surface area (Å²) in [4.78, 5) is 96.7. The molecule has 0 spiro atoms. The molecule has 0 atom stereocenters. The number of hydrogen-bond acceptors (Lipinski definition) is 19. The Labute approximate surface area is 613 Å². The highest BCUT2D eigenvalue weighted by Crippen LogP contribution is 2.43. The summed E-state index contributed by atoms with van der Waals surface area (Å²) >= 11 is 0. The topological polar surface area (TPSA) is 337 Å². The molecule has 3 aliphatic heterocycles. The largest absolute Gasteiger partial charge is 0.443 e. The van der Waals surface area contributed by atoms with Crippen LogP contribution >= 0.6 is 0 Å². The van der Waals surface area contributed by atoms with Gasteiger partial charge in [0.1, 0.15) is 22.2 Å². The molecule has 28 heteroatoms. The second-order valence-corrected chi connectivity index (χ2v) is 33.8. The Morgan fingerprint density at radius 2 is 0.790 bits per heavy atom. The van der Waals surface area contributed by atoms with Crippen molar-refractivity contribution in [2.24, 2.45) is 21.4 Å². The number of amides is 1. The molecule has 3 aromatic carbocycles. The van der Waals surface area contributed by atoms with E-state index in [2.05, 4.69) is 95.0 Å². The molecule has 6 fully saturated rings. The lowest BCUT2D eigenvalue weighted by Crippen LogP contribution is -2.53. The fourth-order valence-corrected chi connectivity index (χ4v) is 17.3. The number of hydrogen-bond donors (Lipinski definition) is 6. The van der Waals surface area contributed by atoms with Crippen molar-refractivity contribution < 1.29 is 40.8 Å². The van der Waals surface area contributed by atoms with Crippen LogP contribution in [-0.4, -0.2) is 178 Å². The molecule has 7 N–H and O–H groups in total. The molecule has 556 valence electrons. The number of aromatic nitrogens is 9. The maximum Gasteiger partial charge on any atom is 0.422 e. The number of Topliss-reactive ketones (excluding diaryl/α,β-unsaturated/α-hetero) is 3. The Morgan fingerprint density at radius 3 is 1.11 bits per heavy atom. The van der Waals surface area contributed by atoms with Gasteiger partial charge in [-0.15, -0.1) is 0 Å². The van der Waals surface area contributed by atoms with Crippen LogP contribution in [0.5, 0.6) is 0 Å². The molecule has 9 heterocycles. The second kappa shape index (κ2) is 30.8. The third-order valence-electron chi connectivity index (χ3n) is 21.8. The van der Waals surface area contributed by atoms with Crippen LogP contribution in [0.3, 0.4) is 0 Å². The van der Waals surface area contributed by atoms with Gasteiger partial charge >= 0.3 is 16.3 Å². The van der Waals surface area contributed by atoms with Gasteiger partial charge in [0.15, 0.2) is 34.3 Å². The van der Waals surface area contributed by atoms with Gasteiger partial charge in [0.2, 0.25) is 0 Å². The SMILES string of the molecule is CC(C)(C)OC(=O)NS(=O)(=O)N1CCN(c2cccc(-c3cnc4[nH]cc(C(=O)C5(C)CCCCC5)c4n3)c2)CC1.CC1(C(=O)c2c[nH]c3ncc(-c4cccc(N5CCN(S(N)(=O)=O)CC5)c4)nc23)CCCCC1.CC1(C(=O)c2c[nH]c3ncc(-c4cccc(N5CCNCC5)c4)nc23)CCCCC1. The van der Waals surface area contributed by atoms with E-state index in [1.165, 1.54) is 33.6 Å². The fourth-order valence-electron chi connectivity index (χ4n) is 15.6. The van der Waals surface area contributed by atoms with Crippen LogP contribution in [0.2, 0.25) is 0 Å². The number of ketones is 3. The molecule has 0 unspecified atom stereocenters. The van der Waals surface area contributed by atoms with E-state index in [9.17, 15) is 36.0 Å². The first-order valence-electron chi connectivity index (χ1n) is 37.0. The van der Waals surface area contributed by atoms with Gasteiger partial charge < -0.3 is 39.7 Å². The predicted octanol–water partition coefficient (Wildman–Crippen LogP) is 12.0. The normalized spacial score (nSPS) is 18.9. The average molecular weight is 1470 g/mol. The summed E-state index contributed by atoms with van der Waals surface area (Å²) in [5.74, 6) is 0.471. The van der Waals surface area contributed by atoms with Crippen LogP contribution in [0.1, 0.15) is 169 Å². The monoisotopic (exact) mass is 1470 g/mol. The van der Waals surface area contributed by atoms with E-state index in [1.54, 1.807) is 58.0 Å². The van der Waals surface area contributed by atoms with Crippen LogP contribution in [0.4, 0.5) is 21.9 Å². The third-order valence-corrected chi connectivity index (χ3v) is 24.4. The van der Waals surface area contributed by atoms with Gasteiger partial charge in [-0.05, 0) is 95.7 Å². The van der Waals surface area contributed by atoms with Crippen molar-refractivity contribution in [2.75, 3.05) is 93.2 Å². The molecule has 3 saturated carbocycles. The second-order valence-electron chi connectivity index (χ2n) is 30.6. The number of benzene rings is 3. The summed E-state index contributed by atoms with van der Waals surface area (Å²) in [7, 11) is -7.68. The van der Waals surface area contributed by atoms with E-state index in [1.807, 2.05) is 53.3 Å². The predicted molar refractivity (Wildman–Crippen MR) is 409 cm³/mol. The molecule has 3 saturated heterocycles. The number of ether oxygens (including phenoxy) is 1. The van der Waals surface area contributed by atoms with E-state index in [0.717, 1.165) is 137 Å². The summed E-state index contributed by atoms with van der Waals surface area (Å²) in [6.07, 6.45) is 25.1. The maximum absolute atomic E-state index is 13.6. The van der Waals surface area contributed by atoms with Gasteiger partial charge in [0.05, 0.1) is 52.4 Å². The summed E-state index contributed by atoms with van der Waals surface area (Å²) in [6.45, 7) is 18.4. The Morgan fingerprint density at radius 1 is 0.467 bits per heavy atom. The number of fused-ring (bicyclic) bond motifs is 3. The third kappa shape index (κ3) is 16.8. The number of aromatic amines is 3. The van der Waals surface area contributed by atoms with Gasteiger partial charge in [0, 0.05) is 147 Å². The average Bonchev–Trinajstić information content (AvgIpc) is 1.68. The van der Waals surface area contributed by atoms with Gasteiger partial charge in [0.25, 0.3) is 10.2 Å². The standard InChI is InChI=1S/C29H38N6O5S.C24H30N6O3S.C24H29N5O/c1-28(2,3)40-27(37)33-41(38,39)35-15-13-34(14-16-35)21-10-8-9-20(17-21)23-19-31-26-24(32-23)22(18-30-26)25(36)29(4)11-6-5-7-12-29;1-24(8-3-2-4-9-24)22(31)19-15-26-23-21(19)28-20(16-27-23)17-6-5-7-18(14-17)29-10-12-30(13-11-29)34(25,32)33;1-24(8-3-2-4-9-24)22(30)19-15-26-23-21(19)28-20(16-27-23)17-6-5-7-18(14-17)29-12-10-25-11-13-29/h8-10,17-19H,5-7,11-16H2,1-4H3,(H,30,31)(H,33,37);5-7,14-16H,2-4,8-13H2,1H3,(H,26,27)(H2,25,32,33);5-7,14-16,25H,2-4,8-13H2,1H3,(H,26,27). The molecule has 3 aliphatic carbocycles. The van der Waals surface area contributed by atoms with Crippen LogP contribution in [0.25, 0.3) is 67.3 Å². The number of nitrogens with zero attached hydrogens (tertiary/aromatic N) is 11. The summed E-state index contributed by atoms with van der Waals surface area (Å²) in [6, 6.07) is 24.2. The molecule has 9 aromatic rings. The van der Waals surface area contributed by atoms with Crippen LogP contribution in [0, 0.1) is 16.2 Å². The van der Waals surface area contributed by atoms with Gasteiger partial charge in [-0.25, -0.2) is 44.6 Å². The molecule has 15 rings (SSSR count). The lowest BCUT2D eigenvalue weighted by molar-refractivity contribution is 0.0565. The number of carbonyl (C=O) groups excluding carboxylic acids is 4. The number of carbonyl (C=O) groups is 4. The number of nitrogens with two attached hydrogens (primary N) is 1. The quantitative estimate of drug-likeness (QED) is 0.0519.